The standard InChI is InChI=1S/C23H30N2O2S2/c1-29-23(28)27-19-22(26-18-21-10-6-3-7-11-21)17-25-14-12-24(13-15-25)16-20-8-4-2-5-9-20/h2-11,22H,12-19H2,1H3. The minimum Gasteiger partial charge on any atom is -0.476 e. The fourth-order valence-corrected chi connectivity index (χ4v) is 3.68. The summed E-state index contributed by atoms with van der Waals surface area (Å²) in [5, 5.41) is 0. The number of hydrogen-bond acceptors (Lipinski definition) is 6. The average Bonchev–Trinajstić information content (AvgIpc) is 2.78. The van der Waals surface area contributed by atoms with Crippen LogP contribution in [0.2, 0.25) is 0 Å². The Morgan fingerprint density at radius 2 is 1.52 bits per heavy atom. The first-order valence-electron chi connectivity index (χ1n) is 10.1. The Labute approximate surface area is 184 Å². The second-order valence-corrected chi connectivity index (χ2v) is 8.65. The van der Waals surface area contributed by atoms with E-state index in [1.54, 1.807) is 0 Å². The van der Waals surface area contributed by atoms with Gasteiger partial charge in [-0.05, 0) is 29.6 Å². The highest BCUT2D eigenvalue weighted by Gasteiger charge is 2.21. The molecule has 0 saturated carbocycles. The van der Waals surface area contributed by atoms with Crippen molar-refractivity contribution in [2.45, 2.75) is 19.3 Å². The maximum absolute atomic E-state index is 6.20. The van der Waals surface area contributed by atoms with E-state index in [0.29, 0.717) is 17.6 Å². The highest BCUT2D eigenvalue weighted by Crippen LogP contribution is 2.12. The largest absolute Gasteiger partial charge is 0.476 e. The first-order valence-corrected chi connectivity index (χ1v) is 11.7. The molecule has 1 atom stereocenters. The number of nitrogens with zero attached hydrogens (tertiary/aromatic N) is 2. The summed E-state index contributed by atoms with van der Waals surface area (Å²) in [5.41, 5.74) is 2.56. The van der Waals surface area contributed by atoms with Gasteiger partial charge in [0.1, 0.15) is 12.7 Å². The SMILES string of the molecule is CSC(=S)OCC(CN1CCN(Cc2ccccc2)CC1)OCc1ccccc1. The van der Waals surface area contributed by atoms with E-state index < -0.39 is 0 Å². The molecule has 0 aromatic heterocycles. The Kier molecular flexibility index (Phi) is 9.44. The van der Waals surface area contributed by atoms with Gasteiger partial charge in [0, 0.05) is 39.3 Å². The Morgan fingerprint density at radius 1 is 0.931 bits per heavy atom. The van der Waals surface area contributed by atoms with Crippen molar-refractivity contribution in [1.29, 1.82) is 0 Å². The lowest BCUT2D eigenvalue weighted by atomic mass is 10.2. The van der Waals surface area contributed by atoms with Crippen molar-refractivity contribution in [3.63, 3.8) is 0 Å². The van der Waals surface area contributed by atoms with Crippen molar-refractivity contribution in [2.24, 2.45) is 0 Å². The summed E-state index contributed by atoms with van der Waals surface area (Å²) in [5.74, 6) is 0. The van der Waals surface area contributed by atoms with Crippen LogP contribution in [0.5, 0.6) is 0 Å². The molecule has 4 nitrogen and oxygen atoms in total. The monoisotopic (exact) mass is 430 g/mol. The van der Waals surface area contributed by atoms with Gasteiger partial charge in [-0.25, -0.2) is 0 Å². The van der Waals surface area contributed by atoms with Gasteiger partial charge in [-0.15, -0.1) is 0 Å². The summed E-state index contributed by atoms with van der Waals surface area (Å²) < 4.78 is 12.5. The van der Waals surface area contributed by atoms with Gasteiger partial charge in [-0.1, -0.05) is 72.4 Å². The lowest BCUT2D eigenvalue weighted by Crippen LogP contribution is -2.49. The molecule has 1 unspecified atom stereocenters. The van der Waals surface area contributed by atoms with Gasteiger partial charge in [0.2, 0.25) is 4.38 Å². The van der Waals surface area contributed by atoms with Crippen molar-refractivity contribution >= 4 is 28.4 Å². The molecule has 0 aliphatic carbocycles. The van der Waals surface area contributed by atoms with E-state index in [4.69, 9.17) is 21.7 Å². The summed E-state index contributed by atoms with van der Waals surface area (Å²) in [7, 11) is 0. The molecular weight excluding hydrogens is 400 g/mol. The lowest BCUT2D eigenvalue weighted by Gasteiger charge is -2.36. The number of ether oxygens (including phenoxy) is 2. The van der Waals surface area contributed by atoms with E-state index in [1.165, 1.54) is 22.9 Å². The maximum atomic E-state index is 6.20. The number of hydrogen-bond donors (Lipinski definition) is 0. The highest BCUT2D eigenvalue weighted by molar-refractivity contribution is 8.22. The van der Waals surface area contributed by atoms with E-state index in [2.05, 4.69) is 52.3 Å². The summed E-state index contributed by atoms with van der Waals surface area (Å²) in [6.07, 6.45) is 1.94. The second-order valence-electron chi connectivity index (χ2n) is 7.25. The molecule has 1 saturated heterocycles. The van der Waals surface area contributed by atoms with Gasteiger partial charge in [0.05, 0.1) is 6.61 Å². The lowest BCUT2D eigenvalue weighted by molar-refractivity contribution is -0.0207. The number of thioether (sulfide) groups is 1. The molecule has 156 valence electrons. The fraction of sp³-hybridized carbons (Fsp3) is 0.435. The van der Waals surface area contributed by atoms with E-state index in [0.717, 1.165) is 39.3 Å². The van der Waals surface area contributed by atoms with E-state index >= 15 is 0 Å². The molecule has 0 N–H and O–H groups in total. The van der Waals surface area contributed by atoms with Crippen LogP contribution in [0.3, 0.4) is 0 Å². The molecule has 6 heteroatoms. The number of benzene rings is 2. The van der Waals surface area contributed by atoms with Crippen LogP contribution in [0, 0.1) is 0 Å². The van der Waals surface area contributed by atoms with Gasteiger partial charge in [0.15, 0.2) is 0 Å². The molecule has 0 amide bonds. The smallest absolute Gasteiger partial charge is 0.219 e. The van der Waals surface area contributed by atoms with Crippen LogP contribution in [0.25, 0.3) is 0 Å². The molecular formula is C23H30N2O2S2. The van der Waals surface area contributed by atoms with Gasteiger partial charge in [-0.3, -0.25) is 9.80 Å². The van der Waals surface area contributed by atoms with Gasteiger partial charge >= 0.3 is 0 Å². The third-order valence-electron chi connectivity index (χ3n) is 5.06. The Bertz CT molecular complexity index is 722. The summed E-state index contributed by atoms with van der Waals surface area (Å²) in [4.78, 5) is 4.99. The fourth-order valence-electron chi connectivity index (χ4n) is 3.42. The summed E-state index contributed by atoms with van der Waals surface area (Å²) >= 11 is 6.66. The Morgan fingerprint density at radius 3 is 2.14 bits per heavy atom. The zero-order valence-corrected chi connectivity index (χ0v) is 18.7. The molecule has 2 aromatic rings. The molecule has 29 heavy (non-hydrogen) atoms. The Hall–Kier alpha value is -1.44. The van der Waals surface area contributed by atoms with Gasteiger partial charge in [-0.2, -0.15) is 0 Å². The predicted molar refractivity (Wildman–Crippen MR) is 125 cm³/mol. The molecule has 3 rings (SSSR count). The van der Waals surface area contributed by atoms with Gasteiger partial charge in [0.25, 0.3) is 0 Å². The molecule has 0 spiro atoms. The van der Waals surface area contributed by atoms with Crippen LogP contribution in [0.4, 0.5) is 0 Å². The first kappa shape index (κ1) is 22.2. The van der Waals surface area contributed by atoms with Crippen molar-refractivity contribution < 1.29 is 9.47 Å². The summed E-state index contributed by atoms with van der Waals surface area (Å²) in [6, 6.07) is 21.0. The van der Waals surface area contributed by atoms with Gasteiger partial charge < -0.3 is 9.47 Å². The van der Waals surface area contributed by atoms with Crippen molar-refractivity contribution in [2.75, 3.05) is 45.6 Å². The van der Waals surface area contributed by atoms with E-state index in [-0.39, 0.29) is 6.10 Å². The van der Waals surface area contributed by atoms with E-state index in [9.17, 15) is 0 Å². The normalized spacial score (nSPS) is 16.4. The zero-order chi connectivity index (χ0) is 20.3. The van der Waals surface area contributed by atoms with Crippen molar-refractivity contribution in [1.82, 2.24) is 9.80 Å². The van der Waals surface area contributed by atoms with Crippen molar-refractivity contribution in [3.05, 3.63) is 71.8 Å². The summed E-state index contributed by atoms with van der Waals surface area (Å²) in [6.45, 7) is 7.22. The van der Waals surface area contributed by atoms with Crippen LogP contribution in [0.15, 0.2) is 60.7 Å². The highest BCUT2D eigenvalue weighted by atomic mass is 32.2. The first-order chi connectivity index (χ1) is 14.2. The minimum atomic E-state index is 0.000907. The molecule has 1 aliphatic heterocycles. The second kappa shape index (κ2) is 12.3. The predicted octanol–water partition coefficient (Wildman–Crippen LogP) is 4.05. The van der Waals surface area contributed by atoms with Crippen molar-refractivity contribution in [3.8, 4) is 0 Å². The maximum Gasteiger partial charge on any atom is 0.219 e. The molecule has 0 bridgehead atoms. The topological polar surface area (TPSA) is 24.9 Å². The van der Waals surface area contributed by atoms with E-state index in [1.807, 2.05) is 24.5 Å². The Balaban J connectivity index is 1.47. The van der Waals surface area contributed by atoms with Crippen LogP contribution in [-0.2, 0) is 22.6 Å². The zero-order valence-electron chi connectivity index (χ0n) is 17.0. The quantitative estimate of drug-likeness (QED) is 0.557. The third-order valence-corrected chi connectivity index (χ3v) is 6.13. The van der Waals surface area contributed by atoms with Crippen LogP contribution < -0.4 is 0 Å². The number of thiocarbonyl (C=S) groups is 1. The molecule has 2 aromatic carbocycles. The number of piperazine rings is 1. The van der Waals surface area contributed by atoms with Crippen LogP contribution in [-0.4, -0.2) is 65.9 Å². The molecule has 1 fully saturated rings. The van der Waals surface area contributed by atoms with Crippen LogP contribution in [0.1, 0.15) is 11.1 Å². The molecule has 1 heterocycles. The minimum absolute atomic E-state index is 0.000907. The third kappa shape index (κ3) is 8.07. The molecule has 0 radical (unpaired) electrons. The number of rotatable bonds is 9. The molecule has 1 aliphatic rings. The average molecular weight is 431 g/mol. The van der Waals surface area contributed by atoms with Crippen LogP contribution >= 0.6 is 24.0 Å².